The average Bonchev–Trinajstić information content (AvgIpc) is 2.64. The fourth-order valence-corrected chi connectivity index (χ4v) is 2.18. The molecule has 2 N–H and O–H groups in total. The zero-order chi connectivity index (χ0) is 17.6. The number of carbonyl (C=O) groups is 1. The number of aromatic nitrogens is 3. The topological polar surface area (TPSA) is 79.8 Å². The van der Waals surface area contributed by atoms with Crippen LogP contribution in [0.25, 0.3) is 0 Å². The standard InChI is InChI=1S/C17H13ClFN5O/c18-14-6-13(3-4-15(14)19)24-16(25)12-9-22-17(23-10-12)21-8-11-2-1-5-20-7-11/h1-7,9-10H,8H2,(H,24,25)(H,21,22,23). The molecule has 2 heterocycles. The van der Waals surface area contributed by atoms with E-state index in [0.29, 0.717) is 18.2 Å². The van der Waals surface area contributed by atoms with E-state index in [0.717, 1.165) is 5.56 Å². The van der Waals surface area contributed by atoms with E-state index in [9.17, 15) is 9.18 Å². The Hall–Kier alpha value is -3.06. The first-order valence-corrected chi connectivity index (χ1v) is 7.71. The Labute approximate surface area is 148 Å². The normalized spacial score (nSPS) is 10.3. The van der Waals surface area contributed by atoms with Crippen molar-refractivity contribution >= 4 is 29.1 Å². The number of pyridine rings is 1. The largest absolute Gasteiger partial charge is 0.350 e. The van der Waals surface area contributed by atoms with Gasteiger partial charge in [-0.3, -0.25) is 9.78 Å². The van der Waals surface area contributed by atoms with Gasteiger partial charge in [0.15, 0.2) is 0 Å². The average molecular weight is 358 g/mol. The number of hydrogen-bond donors (Lipinski definition) is 2. The van der Waals surface area contributed by atoms with Gasteiger partial charge in [-0.2, -0.15) is 0 Å². The highest BCUT2D eigenvalue weighted by molar-refractivity contribution is 6.31. The number of hydrogen-bond acceptors (Lipinski definition) is 5. The summed E-state index contributed by atoms with van der Waals surface area (Å²) in [7, 11) is 0. The Morgan fingerprint density at radius 1 is 1.16 bits per heavy atom. The van der Waals surface area contributed by atoms with Gasteiger partial charge in [-0.05, 0) is 29.8 Å². The molecule has 8 heteroatoms. The molecular weight excluding hydrogens is 345 g/mol. The number of benzene rings is 1. The van der Waals surface area contributed by atoms with Gasteiger partial charge in [0.05, 0.1) is 10.6 Å². The molecule has 0 spiro atoms. The van der Waals surface area contributed by atoms with Gasteiger partial charge >= 0.3 is 0 Å². The van der Waals surface area contributed by atoms with Crippen molar-refractivity contribution in [1.82, 2.24) is 15.0 Å². The summed E-state index contributed by atoms with van der Waals surface area (Å²) in [4.78, 5) is 24.4. The third-order valence-corrected chi connectivity index (χ3v) is 3.55. The molecule has 0 saturated carbocycles. The fraction of sp³-hybridized carbons (Fsp3) is 0.0588. The Bertz CT molecular complexity index is 874. The van der Waals surface area contributed by atoms with E-state index in [2.05, 4.69) is 25.6 Å². The second-order valence-electron chi connectivity index (χ2n) is 5.09. The number of anilines is 2. The summed E-state index contributed by atoms with van der Waals surface area (Å²) in [6, 6.07) is 7.70. The predicted molar refractivity (Wildman–Crippen MR) is 93.0 cm³/mol. The number of carbonyl (C=O) groups excluding carboxylic acids is 1. The smallest absolute Gasteiger partial charge is 0.258 e. The highest BCUT2D eigenvalue weighted by atomic mass is 35.5. The van der Waals surface area contributed by atoms with Crippen LogP contribution in [0.4, 0.5) is 16.0 Å². The summed E-state index contributed by atoms with van der Waals surface area (Å²) < 4.78 is 13.1. The zero-order valence-electron chi connectivity index (χ0n) is 12.9. The Morgan fingerprint density at radius 3 is 2.64 bits per heavy atom. The van der Waals surface area contributed by atoms with Crippen LogP contribution in [0.3, 0.4) is 0 Å². The van der Waals surface area contributed by atoms with Crippen molar-refractivity contribution in [1.29, 1.82) is 0 Å². The lowest BCUT2D eigenvalue weighted by Crippen LogP contribution is -2.13. The van der Waals surface area contributed by atoms with Crippen LogP contribution in [0.15, 0.2) is 55.1 Å². The van der Waals surface area contributed by atoms with Gasteiger partial charge in [-0.15, -0.1) is 0 Å². The molecule has 0 aliphatic carbocycles. The maximum absolute atomic E-state index is 13.1. The van der Waals surface area contributed by atoms with E-state index in [1.54, 1.807) is 12.4 Å². The molecule has 3 aromatic rings. The highest BCUT2D eigenvalue weighted by Crippen LogP contribution is 2.19. The van der Waals surface area contributed by atoms with E-state index in [1.807, 2.05) is 12.1 Å². The number of nitrogens with one attached hydrogen (secondary N) is 2. The first-order chi connectivity index (χ1) is 12.1. The molecule has 0 saturated heterocycles. The molecule has 3 rings (SSSR count). The summed E-state index contributed by atoms with van der Waals surface area (Å²) in [5.41, 5.74) is 1.64. The van der Waals surface area contributed by atoms with Crippen LogP contribution >= 0.6 is 11.6 Å². The van der Waals surface area contributed by atoms with Crippen molar-refractivity contribution < 1.29 is 9.18 Å². The van der Waals surface area contributed by atoms with Crippen LogP contribution in [0.1, 0.15) is 15.9 Å². The van der Waals surface area contributed by atoms with E-state index < -0.39 is 11.7 Å². The van der Waals surface area contributed by atoms with Crippen molar-refractivity contribution in [3.63, 3.8) is 0 Å². The minimum absolute atomic E-state index is 0.0657. The molecule has 0 radical (unpaired) electrons. The summed E-state index contributed by atoms with van der Waals surface area (Å²) in [5, 5.41) is 5.58. The SMILES string of the molecule is O=C(Nc1ccc(F)c(Cl)c1)c1cnc(NCc2cccnc2)nc1. The first-order valence-electron chi connectivity index (χ1n) is 7.33. The predicted octanol–water partition coefficient (Wildman–Crippen LogP) is 3.53. The Kier molecular flexibility index (Phi) is 5.15. The molecule has 0 fully saturated rings. The van der Waals surface area contributed by atoms with Crippen LogP contribution in [0, 0.1) is 5.82 Å². The molecule has 0 unspecified atom stereocenters. The van der Waals surface area contributed by atoms with Crippen molar-refractivity contribution in [2.45, 2.75) is 6.54 Å². The van der Waals surface area contributed by atoms with Crippen molar-refractivity contribution in [3.8, 4) is 0 Å². The molecule has 25 heavy (non-hydrogen) atoms. The number of amides is 1. The van der Waals surface area contributed by atoms with Gasteiger partial charge in [0.2, 0.25) is 5.95 Å². The molecule has 1 amide bonds. The zero-order valence-corrected chi connectivity index (χ0v) is 13.7. The third-order valence-electron chi connectivity index (χ3n) is 3.26. The maximum atomic E-state index is 13.1. The van der Waals surface area contributed by atoms with Crippen LogP contribution in [-0.4, -0.2) is 20.9 Å². The van der Waals surface area contributed by atoms with Gasteiger partial charge in [-0.25, -0.2) is 14.4 Å². The second kappa shape index (κ2) is 7.67. The Balaban J connectivity index is 1.61. The molecule has 1 aromatic carbocycles. The van der Waals surface area contributed by atoms with Gasteiger partial charge in [-0.1, -0.05) is 17.7 Å². The van der Waals surface area contributed by atoms with Gasteiger partial charge in [0.25, 0.3) is 5.91 Å². The third kappa shape index (κ3) is 4.48. The number of nitrogens with zero attached hydrogens (tertiary/aromatic N) is 3. The molecule has 0 bridgehead atoms. The second-order valence-corrected chi connectivity index (χ2v) is 5.50. The van der Waals surface area contributed by atoms with Gasteiger partial charge in [0, 0.05) is 37.0 Å². The summed E-state index contributed by atoms with van der Waals surface area (Å²) >= 11 is 5.69. The summed E-state index contributed by atoms with van der Waals surface area (Å²) in [5.74, 6) is -0.571. The fourth-order valence-electron chi connectivity index (χ4n) is 2.00. The van der Waals surface area contributed by atoms with E-state index in [-0.39, 0.29) is 10.6 Å². The molecule has 0 aliphatic heterocycles. The van der Waals surface area contributed by atoms with E-state index >= 15 is 0 Å². The van der Waals surface area contributed by atoms with Gasteiger partial charge < -0.3 is 10.6 Å². The van der Waals surface area contributed by atoms with Crippen LogP contribution in [0.5, 0.6) is 0 Å². The van der Waals surface area contributed by atoms with Crippen molar-refractivity contribution in [2.75, 3.05) is 10.6 Å². The monoisotopic (exact) mass is 357 g/mol. The molecule has 126 valence electrons. The van der Waals surface area contributed by atoms with Crippen molar-refractivity contribution in [3.05, 3.63) is 77.1 Å². The summed E-state index contributed by atoms with van der Waals surface area (Å²) in [6.07, 6.45) is 6.24. The number of rotatable bonds is 5. The number of halogens is 2. The summed E-state index contributed by atoms with van der Waals surface area (Å²) in [6.45, 7) is 0.521. The van der Waals surface area contributed by atoms with Crippen LogP contribution in [-0.2, 0) is 6.54 Å². The quantitative estimate of drug-likeness (QED) is 0.730. The maximum Gasteiger partial charge on any atom is 0.258 e. The van der Waals surface area contributed by atoms with Crippen molar-refractivity contribution in [2.24, 2.45) is 0 Å². The van der Waals surface area contributed by atoms with Crippen LogP contribution in [0.2, 0.25) is 5.02 Å². The lowest BCUT2D eigenvalue weighted by molar-refractivity contribution is 0.102. The minimum Gasteiger partial charge on any atom is -0.350 e. The van der Waals surface area contributed by atoms with Crippen LogP contribution < -0.4 is 10.6 Å². The highest BCUT2D eigenvalue weighted by Gasteiger charge is 2.09. The lowest BCUT2D eigenvalue weighted by Gasteiger charge is -2.07. The molecule has 6 nitrogen and oxygen atoms in total. The molecule has 0 aliphatic rings. The van der Waals surface area contributed by atoms with E-state index in [4.69, 9.17) is 11.6 Å². The molecule has 0 atom stereocenters. The molecular formula is C17H13ClFN5O. The van der Waals surface area contributed by atoms with E-state index in [1.165, 1.54) is 30.6 Å². The molecule has 2 aromatic heterocycles. The lowest BCUT2D eigenvalue weighted by atomic mass is 10.2. The Morgan fingerprint density at radius 2 is 1.96 bits per heavy atom. The first kappa shape index (κ1) is 16.8. The van der Waals surface area contributed by atoms with Gasteiger partial charge in [0.1, 0.15) is 5.82 Å². The minimum atomic E-state index is -0.549.